The predicted octanol–water partition coefficient (Wildman–Crippen LogP) is 3.97. The Balaban J connectivity index is 0.00000320. The number of nitrogens with zero attached hydrogens (tertiary/aromatic N) is 2. The van der Waals surface area contributed by atoms with Crippen LogP contribution in [0, 0.1) is 11.6 Å². The number of rotatable bonds is 6. The molecule has 2 aromatic carbocycles. The van der Waals surface area contributed by atoms with Crippen LogP contribution in [0.15, 0.2) is 47.5 Å². The number of ether oxygens (including phenoxy) is 1. The number of hydrogen-bond acceptors (Lipinski definition) is 3. The lowest BCUT2D eigenvalue weighted by Gasteiger charge is -2.35. The average Bonchev–Trinajstić information content (AvgIpc) is 2.74. The van der Waals surface area contributed by atoms with E-state index in [1.54, 1.807) is 7.05 Å². The van der Waals surface area contributed by atoms with Gasteiger partial charge in [0.25, 0.3) is 0 Å². The van der Waals surface area contributed by atoms with Crippen LogP contribution in [0.2, 0.25) is 5.02 Å². The van der Waals surface area contributed by atoms with Crippen LogP contribution in [0.3, 0.4) is 0 Å². The van der Waals surface area contributed by atoms with E-state index in [4.69, 9.17) is 16.3 Å². The molecule has 30 heavy (non-hydrogen) atoms. The minimum Gasteiger partial charge on any atom is -0.379 e. The number of halogens is 4. The first kappa shape index (κ1) is 24.8. The minimum absolute atomic E-state index is 0. The molecule has 1 fully saturated rings. The van der Waals surface area contributed by atoms with Crippen molar-refractivity contribution in [3.63, 3.8) is 0 Å². The molecule has 164 valence electrons. The van der Waals surface area contributed by atoms with Gasteiger partial charge >= 0.3 is 0 Å². The Kier molecular flexibility index (Phi) is 10.2. The van der Waals surface area contributed by atoms with Crippen LogP contribution < -0.4 is 10.6 Å². The van der Waals surface area contributed by atoms with E-state index in [9.17, 15) is 8.78 Å². The minimum atomic E-state index is -0.475. The molecule has 0 saturated carbocycles. The molecule has 1 aliphatic heterocycles. The number of morpholine rings is 1. The van der Waals surface area contributed by atoms with Crippen LogP contribution in [0.5, 0.6) is 0 Å². The summed E-state index contributed by atoms with van der Waals surface area (Å²) in [5, 5.41) is 7.02. The molecular weight excluding hydrogens is 525 g/mol. The molecule has 0 aromatic heterocycles. The summed E-state index contributed by atoms with van der Waals surface area (Å²) in [4.78, 5) is 6.51. The number of nitrogens with one attached hydrogen (secondary N) is 2. The lowest BCUT2D eigenvalue weighted by molar-refractivity contribution is 0.0170. The summed E-state index contributed by atoms with van der Waals surface area (Å²) >= 11 is 6.45. The van der Waals surface area contributed by atoms with Crippen molar-refractivity contribution in [2.75, 3.05) is 39.9 Å². The van der Waals surface area contributed by atoms with Gasteiger partial charge < -0.3 is 15.4 Å². The molecule has 0 radical (unpaired) electrons. The first-order valence-corrected chi connectivity index (χ1v) is 9.91. The number of aliphatic imine (C=N–C) groups is 1. The van der Waals surface area contributed by atoms with Crippen molar-refractivity contribution in [2.24, 2.45) is 4.99 Å². The highest BCUT2D eigenvalue weighted by molar-refractivity contribution is 14.0. The van der Waals surface area contributed by atoms with Gasteiger partial charge in [-0.15, -0.1) is 24.0 Å². The van der Waals surface area contributed by atoms with Gasteiger partial charge in [0.15, 0.2) is 5.96 Å². The first-order chi connectivity index (χ1) is 14.1. The van der Waals surface area contributed by atoms with Crippen LogP contribution in [0.4, 0.5) is 8.78 Å². The van der Waals surface area contributed by atoms with E-state index in [0.717, 1.165) is 30.8 Å². The summed E-state index contributed by atoms with van der Waals surface area (Å²) in [6, 6.07) is 11.2. The monoisotopic (exact) mass is 550 g/mol. The zero-order valence-electron chi connectivity index (χ0n) is 16.7. The topological polar surface area (TPSA) is 48.9 Å². The highest BCUT2D eigenvalue weighted by atomic mass is 127. The normalized spacial score (nSPS) is 15.9. The Morgan fingerprint density at radius 3 is 2.60 bits per heavy atom. The molecule has 1 heterocycles. The number of hydrogen-bond donors (Lipinski definition) is 2. The van der Waals surface area contributed by atoms with Crippen LogP contribution >= 0.6 is 35.6 Å². The average molecular weight is 551 g/mol. The molecule has 3 rings (SSSR count). The van der Waals surface area contributed by atoms with Crippen molar-refractivity contribution in [3.05, 3.63) is 70.2 Å². The lowest BCUT2D eigenvalue weighted by atomic mass is 10.0. The molecule has 0 amide bonds. The van der Waals surface area contributed by atoms with E-state index in [0.29, 0.717) is 30.7 Å². The van der Waals surface area contributed by atoms with Gasteiger partial charge in [0.1, 0.15) is 11.6 Å². The van der Waals surface area contributed by atoms with E-state index in [-0.39, 0.29) is 42.1 Å². The molecule has 1 unspecified atom stereocenters. The molecule has 1 atom stereocenters. The molecular formula is C21H26ClF2IN4O. The molecule has 1 aliphatic rings. The fourth-order valence-electron chi connectivity index (χ4n) is 3.34. The van der Waals surface area contributed by atoms with Gasteiger partial charge in [-0.25, -0.2) is 8.78 Å². The van der Waals surface area contributed by atoms with E-state index in [1.165, 1.54) is 6.07 Å². The quantitative estimate of drug-likeness (QED) is 0.325. The van der Waals surface area contributed by atoms with Gasteiger partial charge in [-0.2, -0.15) is 0 Å². The summed E-state index contributed by atoms with van der Waals surface area (Å²) in [6.45, 7) is 3.63. The zero-order chi connectivity index (χ0) is 20.6. The SMILES string of the molecule is CN=C(NCc1cc(F)ccc1F)NCC(c1ccccc1Cl)N1CCOCC1.I. The first-order valence-electron chi connectivity index (χ1n) is 9.53. The maximum atomic E-state index is 13.8. The van der Waals surface area contributed by atoms with Gasteiger partial charge in [-0.05, 0) is 29.8 Å². The fourth-order valence-corrected chi connectivity index (χ4v) is 3.60. The fraction of sp³-hybridized carbons (Fsp3) is 0.381. The third-order valence-electron chi connectivity index (χ3n) is 4.89. The van der Waals surface area contributed by atoms with E-state index in [1.807, 2.05) is 24.3 Å². The molecule has 1 saturated heterocycles. The largest absolute Gasteiger partial charge is 0.379 e. The van der Waals surface area contributed by atoms with E-state index >= 15 is 0 Å². The van der Waals surface area contributed by atoms with Crippen LogP contribution in [-0.2, 0) is 11.3 Å². The predicted molar refractivity (Wildman–Crippen MR) is 127 cm³/mol. The van der Waals surface area contributed by atoms with Crippen molar-refractivity contribution in [2.45, 2.75) is 12.6 Å². The summed E-state index contributed by atoms with van der Waals surface area (Å²) in [7, 11) is 1.64. The Morgan fingerprint density at radius 2 is 1.90 bits per heavy atom. The van der Waals surface area contributed by atoms with Crippen LogP contribution in [0.1, 0.15) is 17.2 Å². The third-order valence-corrected chi connectivity index (χ3v) is 5.24. The van der Waals surface area contributed by atoms with Crippen molar-refractivity contribution in [3.8, 4) is 0 Å². The molecule has 0 aliphatic carbocycles. The van der Waals surface area contributed by atoms with Crippen molar-refractivity contribution < 1.29 is 13.5 Å². The molecule has 5 nitrogen and oxygen atoms in total. The lowest BCUT2D eigenvalue weighted by Crippen LogP contribution is -2.46. The second-order valence-corrected chi connectivity index (χ2v) is 7.14. The van der Waals surface area contributed by atoms with E-state index < -0.39 is 11.6 Å². The standard InChI is InChI=1S/C21H25ClF2N4O.HI/c1-25-21(26-13-15-12-16(23)6-7-19(15)24)27-14-20(28-8-10-29-11-9-28)17-4-2-3-5-18(17)22;/h2-7,12,20H,8-11,13-14H2,1H3,(H2,25,26,27);1H. The molecule has 2 N–H and O–H groups in total. The van der Waals surface area contributed by atoms with Crippen molar-refractivity contribution >= 4 is 41.5 Å². The number of benzene rings is 2. The van der Waals surface area contributed by atoms with Gasteiger partial charge in [0, 0.05) is 43.8 Å². The van der Waals surface area contributed by atoms with Crippen LogP contribution in [-0.4, -0.2) is 50.8 Å². The summed E-state index contributed by atoms with van der Waals surface area (Å²) in [5.74, 6) is -0.437. The molecule has 9 heteroatoms. The summed E-state index contributed by atoms with van der Waals surface area (Å²) in [6.07, 6.45) is 0. The van der Waals surface area contributed by atoms with Gasteiger partial charge in [-0.3, -0.25) is 9.89 Å². The maximum Gasteiger partial charge on any atom is 0.191 e. The van der Waals surface area contributed by atoms with Gasteiger partial charge in [0.05, 0.1) is 19.3 Å². The van der Waals surface area contributed by atoms with Gasteiger partial charge in [0.2, 0.25) is 0 Å². The summed E-state index contributed by atoms with van der Waals surface area (Å²) in [5.41, 5.74) is 1.26. The second kappa shape index (κ2) is 12.4. The van der Waals surface area contributed by atoms with Crippen molar-refractivity contribution in [1.29, 1.82) is 0 Å². The Hall–Kier alpha value is -1.49. The van der Waals surface area contributed by atoms with Crippen LogP contribution in [0.25, 0.3) is 0 Å². The molecule has 2 aromatic rings. The highest BCUT2D eigenvalue weighted by Crippen LogP contribution is 2.27. The highest BCUT2D eigenvalue weighted by Gasteiger charge is 2.24. The molecule has 0 bridgehead atoms. The van der Waals surface area contributed by atoms with Gasteiger partial charge in [-0.1, -0.05) is 29.8 Å². The zero-order valence-corrected chi connectivity index (χ0v) is 19.8. The second-order valence-electron chi connectivity index (χ2n) is 6.73. The van der Waals surface area contributed by atoms with Crippen molar-refractivity contribution in [1.82, 2.24) is 15.5 Å². The smallest absolute Gasteiger partial charge is 0.191 e. The maximum absolute atomic E-state index is 13.8. The Morgan fingerprint density at radius 1 is 1.17 bits per heavy atom. The Labute approximate surface area is 197 Å². The number of guanidine groups is 1. The van der Waals surface area contributed by atoms with E-state index in [2.05, 4.69) is 20.5 Å². The molecule has 0 spiro atoms. The third kappa shape index (κ3) is 6.76. The Bertz CT molecular complexity index is 850. The summed E-state index contributed by atoms with van der Waals surface area (Å²) < 4.78 is 32.7.